The van der Waals surface area contributed by atoms with Crippen molar-refractivity contribution in [2.45, 2.75) is 45.6 Å². The van der Waals surface area contributed by atoms with E-state index in [1.165, 1.54) is 23.2 Å². The smallest absolute Gasteiger partial charge is 0.130 e. The van der Waals surface area contributed by atoms with Gasteiger partial charge in [-0.1, -0.05) is 74.0 Å². The van der Waals surface area contributed by atoms with Crippen LogP contribution in [0.15, 0.2) is 78.5 Å². The molecule has 0 aliphatic rings. The number of allylic oxidation sites excluding steroid dienone is 1. The first-order valence-corrected chi connectivity index (χ1v) is 11.5. The van der Waals surface area contributed by atoms with Crippen LogP contribution in [0.3, 0.4) is 0 Å². The summed E-state index contributed by atoms with van der Waals surface area (Å²) >= 11 is 0. The summed E-state index contributed by atoms with van der Waals surface area (Å²) in [6.07, 6.45) is 8.52. The normalized spacial score (nSPS) is 10.3. The Hall–Kier alpha value is -2.26. The first-order valence-electron chi connectivity index (χ1n) is 9.30. The number of unbranched alkanes of at least 4 members (excludes halogenated alkanes) is 2. The van der Waals surface area contributed by atoms with Gasteiger partial charge in [0.25, 0.3) is 0 Å². The fraction of sp³-hybridized carbons (Fsp3) is 0.292. The van der Waals surface area contributed by atoms with Crippen molar-refractivity contribution in [3.63, 3.8) is 0 Å². The standard InChI is InChI=1S/C24H28Si/c1-3-5-7-15-21-25(22-16-8-6-4-2,23-17-11-9-12-18-23)24-19-13-10-14-20-24/h3,7,9-14,17-20H,4,6,8,15,21H2,1-2H3. The first kappa shape index (κ1) is 19.1. The van der Waals surface area contributed by atoms with Crippen LogP contribution in [0.5, 0.6) is 0 Å². The summed E-state index contributed by atoms with van der Waals surface area (Å²) in [5.41, 5.74) is 7.03. The minimum Gasteiger partial charge on any atom is -0.130 e. The molecule has 0 aliphatic heterocycles. The second kappa shape index (κ2) is 10.6. The Morgan fingerprint density at radius 1 is 0.920 bits per heavy atom. The predicted octanol–water partition coefficient (Wildman–Crippen LogP) is 5.10. The predicted molar refractivity (Wildman–Crippen MR) is 113 cm³/mol. The van der Waals surface area contributed by atoms with E-state index in [1.54, 1.807) is 0 Å². The zero-order valence-electron chi connectivity index (χ0n) is 15.5. The molecule has 0 unspecified atom stereocenters. The minimum absolute atomic E-state index is 0.996. The highest BCUT2D eigenvalue weighted by Crippen LogP contribution is 2.14. The van der Waals surface area contributed by atoms with Gasteiger partial charge in [-0.05, 0) is 48.3 Å². The molecule has 0 radical (unpaired) electrons. The third-order valence-electron chi connectivity index (χ3n) is 4.44. The van der Waals surface area contributed by atoms with Crippen molar-refractivity contribution in [1.29, 1.82) is 0 Å². The molecular formula is C24H28Si. The minimum atomic E-state index is -2.09. The van der Waals surface area contributed by atoms with E-state index in [9.17, 15) is 0 Å². The van der Waals surface area contributed by atoms with Crippen LogP contribution in [0, 0.1) is 11.5 Å². The summed E-state index contributed by atoms with van der Waals surface area (Å²) in [5, 5.41) is 2.83. The van der Waals surface area contributed by atoms with Gasteiger partial charge >= 0.3 is 0 Å². The number of hydrogen-bond acceptors (Lipinski definition) is 0. The maximum Gasteiger partial charge on any atom is 0.199 e. The summed E-state index contributed by atoms with van der Waals surface area (Å²) < 4.78 is 0. The molecule has 0 aliphatic carbocycles. The van der Waals surface area contributed by atoms with Crippen molar-refractivity contribution >= 4 is 18.4 Å². The molecule has 0 atom stereocenters. The van der Waals surface area contributed by atoms with Crippen molar-refractivity contribution in [2.24, 2.45) is 0 Å². The average molecular weight is 345 g/mol. The Kier molecular flexibility index (Phi) is 8.06. The fourth-order valence-corrected chi connectivity index (χ4v) is 6.93. The van der Waals surface area contributed by atoms with E-state index in [4.69, 9.17) is 0 Å². The summed E-state index contributed by atoms with van der Waals surface area (Å²) in [4.78, 5) is 0. The third kappa shape index (κ3) is 5.36. The molecule has 2 aromatic carbocycles. The van der Waals surface area contributed by atoms with E-state index in [2.05, 4.69) is 90.9 Å². The molecule has 0 N–H and O–H groups in total. The Morgan fingerprint density at radius 3 is 2.04 bits per heavy atom. The van der Waals surface area contributed by atoms with Crippen LogP contribution in [0.1, 0.15) is 39.5 Å². The lowest BCUT2D eigenvalue weighted by Crippen LogP contribution is -2.57. The second-order valence-electron chi connectivity index (χ2n) is 6.24. The molecule has 0 saturated heterocycles. The van der Waals surface area contributed by atoms with Crippen LogP contribution in [-0.2, 0) is 0 Å². The van der Waals surface area contributed by atoms with Gasteiger partial charge in [0.05, 0.1) is 0 Å². The van der Waals surface area contributed by atoms with E-state index in [1.807, 2.05) is 13.0 Å². The van der Waals surface area contributed by atoms with Crippen LogP contribution >= 0.6 is 0 Å². The number of rotatable bonds is 7. The maximum absolute atomic E-state index is 3.81. The first-order chi connectivity index (χ1) is 12.3. The van der Waals surface area contributed by atoms with Gasteiger partial charge in [-0.25, -0.2) is 0 Å². The average Bonchev–Trinajstić information content (AvgIpc) is 2.68. The summed E-state index contributed by atoms with van der Waals surface area (Å²) in [5.74, 6) is 3.53. The Morgan fingerprint density at radius 2 is 1.52 bits per heavy atom. The van der Waals surface area contributed by atoms with Gasteiger partial charge in [0.15, 0.2) is 8.07 Å². The number of hydrogen-bond donors (Lipinski definition) is 0. The molecule has 2 rings (SSSR count). The lowest BCUT2D eigenvalue weighted by atomic mass is 10.3. The van der Waals surface area contributed by atoms with Crippen molar-refractivity contribution in [3.05, 3.63) is 78.5 Å². The molecule has 2 aromatic rings. The van der Waals surface area contributed by atoms with Crippen molar-refractivity contribution < 1.29 is 0 Å². The van der Waals surface area contributed by atoms with E-state index in [0.29, 0.717) is 0 Å². The lowest BCUT2D eigenvalue weighted by molar-refractivity contribution is 0.828. The Balaban J connectivity index is 2.51. The van der Waals surface area contributed by atoms with E-state index >= 15 is 0 Å². The molecule has 0 spiro atoms. The monoisotopic (exact) mass is 344 g/mol. The number of benzene rings is 2. The summed E-state index contributed by atoms with van der Waals surface area (Å²) in [6, 6.07) is 23.0. The Bertz CT molecular complexity index is 701. The van der Waals surface area contributed by atoms with Crippen molar-refractivity contribution in [1.82, 2.24) is 0 Å². The van der Waals surface area contributed by atoms with Gasteiger partial charge in [-0.3, -0.25) is 0 Å². The van der Waals surface area contributed by atoms with Crippen molar-refractivity contribution in [2.75, 3.05) is 0 Å². The highest BCUT2D eigenvalue weighted by molar-refractivity contribution is 7.08. The van der Waals surface area contributed by atoms with Crippen LogP contribution in [-0.4, -0.2) is 8.07 Å². The molecule has 0 nitrogen and oxygen atoms in total. The SMILES string of the molecule is CC=C=CCC[Si](C#CCCCC)(c1ccccc1)c1ccccc1. The van der Waals surface area contributed by atoms with Crippen LogP contribution in [0.2, 0.25) is 6.04 Å². The van der Waals surface area contributed by atoms with Crippen LogP contribution in [0.4, 0.5) is 0 Å². The quantitative estimate of drug-likeness (QED) is 0.284. The second-order valence-corrected chi connectivity index (χ2v) is 9.96. The van der Waals surface area contributed by atoms with Crippen LogP contribution in [0.25, 0.3) is 0 Å². The summed E-state index contributed by atoms with van der Waals surface area (Å²) in [7, 11) is -2.09. The highest BCUT2D eigenvalue weighted by Gasteiger charge is 2.35. The molecule has 0 heterocycles. The molecule has 25 heavy (non-hydrogen) atoms. The zero-order chi connectivity index (χ0) is 17.8. The van der Waals surface area contributed by atoms with Gasteiger partial charge in [0, 0.05) is 6.42 Å². The molecule has 0 bridgehead atoms. The molecule has 128 valence electrons. The van der Waals surface area contributed by atoms with Crippen molar-refractivity contribution in [3.8, 4) is 11.5 Å². The lowest BCUT2D eigenvalue weighted by Gasteiger charge is -2.27. The van der Waals surface area contributed by atoms with Gasteiger partial charge in [0.1, 0.15) is 0 Å². The molecular weight excluding hydrogens is 316 g/mol. The molecule has 0 aromatic heterocycles. The van der Waals surface area contributed by atoms with E-state index in [0.717, 1.165) is 18.9 Å². The van der Waals surface area contributed by atoms with E-state index < -0.39 is 8.07 Å². The van der Waals surface area contributed by atoms with Crippen LogP contribution < -0.4 is 10.4 Å². The highest BCUT2D eigenvalue weighted by atomic mass is 28.3. The maximum atomic E-state index is 3.81. The van der Waals surface area contributed by atoms with Gasteiger partial charge < -0.3 is 0 Å². The fourth-order valence-electron chi connectivity index (χ4n) is 3.08. The molecule has 0 fully saturated rings. The Labute approximate surface area is 154 Å². The third-order valence-corrected chi connectivity index (χ3v) is 8.72. The van der Waals surface area contributed by atoms with Gasteiger partial charge in [-0.2, -0.15) is 0 Å². The van der Waals surface area contributed by atoms with E-state index in [-0.39, 0.29) is 0 Å². The topological polar surface area (TPSA) is 0 Å². The molecule has 0 saturated carbocycles. The summed E-state index contributed by atoms with van der Waals surface area (Å²) in [6.45, 7) is 4.24. The van der Waals surface area contributed by atoms with Gasteiger partial charge in [-0.15, -0.1) is 17.2 Å². The van der Waals surface area contributed by atoms with Gasteiger partial charge in [0.2, 0.25) is 0 Å². The molecule has 1 heteroatoms. The molecule has 0 amide bonds. The zero-order valence-corrected chi connectivity index (χ0v) is 16.5. The largest absolute Gasteiger partial charge is 0.199 e.